The summed E-state index contributed by atoms with van der Waals surface area (Å²) in [7, 11) is 1.92. The van der Waals surface area contributed by atoms with E-state index in [4.69, 9.17) is 5.73 Å². The first-order chi connectivity index (χ1) is 12.5. The second-order valence-corrected chi connectivity index (χ2v) is 6.65. The molecular weight excluding hydrogens is 322 g/mol. The number of nitrogens with two attached hydrogens (primary N) is 1. The van der Waals surface area contributed by atoms with Crippen LogP contribution in [0, 0.1) is 0 Å². The molecule has 5 nitrogen and oxygen atoms in total. The monoisotopic (exact) mass is 347 g/mol. The standard InChI is InChI=1S/C21H25N5/c1-15(2)17-10-7-11-19(12-17)24-21(22)23-13-18-14-26(3)25-20(18)16-8-5-4-6-9-16/h4-12,14-15H,13H2,1-3H3,(H3,22,23,24). The average molecular weight is 347 g/mol. The fraction of sp³-hybridized carbons (Fsp3) is 0.238. The zero-order valence-electron chi connectivity index (χ0n) is 15.5. The Morgan fingerprint density at radius 2 is 1.92 bits per heavy atom. The van der Waals surface area contributed by atoms with Gasteiger partial charge in [-0.3, -0.25) is 4.68 Å². The van der Waals surface area contributed by atoms with Gasteiger partial charge in [0, 0.05) is 30.1 Å². The van der Waals surface area contributed by atoms with Crippen LogP contribution in [0.5, 0.6) is 0 Å². The lowest BCUT2D eigenvalue weighted by atomic mass is 10.0. The zero-order chi connectivity index (χ0) is 18.5. The molecular formula is C21H25N5. The van der Waals surface area contributed by atoms with Crippen molar-refractivity contribution in [1.29, 1.82) is 0 Å². The average Bonchev–Trinajstić information content (AvgIpc) is 3.02. The summed E-state index contributed by atoms with van der Waals surface area (Å²) in [5.74, 6) is 0.868. The topological polar surface area (TPSA) is 68.2 Å². The predicted molar refractivity (Wildman–Crippen MR) is 108 cm³/mol. The first-order valence-electron chi connectivity index (χ1n) is 8.78. The summed E-state index contributed by atoms with van der Waals surface area (Å²) in [6.07, 6.45) is 1.98. The molecule has 5 heteroatoms. The number of aromatic nitrogens is 2. The fourth-order valence-corrected chi connectivity index (χ4v) is 2.83. The van der Waals surface area contributed by atoms with Crippen LogP contribution in [0.2, 0.25) is 0 Å². The lowest BCUT2D eigenvalue weighted by molar-refractivity contribution is 0.769. The SMILES string of the molecule is CC(C)c1cccc(NC(N)=NCc2cn(C)nc2-c2ccccc2)c1. The molecule has 0 atom stereocenters. The number of nitrogens with one attached hydrogen (secondary N) is 1. The Kier molecular flexibility index (Phi) is 5.37. The van der Waals surface area contributed by atoms with Crippen molar-refractivity contribution in [3.63, 3.8) is 0 Å². The lowest BCUT2D eigenvalue weighted by Crippen LogP contribution is -2.22. The Morgan fingerprint density at radius 1 is 1.15 bits per heavy atom. The maximum atomic E-state index is 6.09. The molecule has 0 spiro atoms. The molecule has 0 aliphatic rings. The first kappa shape index (κ1) is 17.7. The van der Waals surface area contributed by atoms with Gasteiger partial charge in [0.15, 0.2) is 5.96 Å². The van der Waals surface area contributed by atoms with Gasteiger partial charge in [-0.05, 0) is 23.6 Å². The summed E-state index contributed by atoms with van der Waals surface area (Å²) in [6, 6.07) is 18.4. The van der Waals surface area contributed by atoms with E-state index in [0.717, 1.165) is 22.5 Å². The van der Waals surface area contributed by atoms with E-state index in [1.807, 2.05) is 48.3 Å². The Hall–Kier alpha value is -3.08. The van der Waals surface area contributed by atoms with Gasteiger partial charge in [-0.1, -0.05) is 56.3 Å². The summed E-state index contributed by atoms with van der Waals surface area (Å²) in [5, 5.41) is 7.73. The lowest BCUT2D eigenvalue weighted by Gasteiger charge is -2.10. The molecule has 0 bridgehead atoms. The second-order valence-electron chi connectivity index (χ2n) is 6.65. The van der Waals surface area contributed by atoms with Crippen molar-refractivity contribution < 1.29 is 0 Å². The molecule has 1 heterocycles. The molecule has 3 rings (SSSR count). The van der Waals surface area contributed by atoms with Crippen molar-refractivity contribution in [2.45, 2.75) is 26.3 Å². The first-order valence-corrected chi connectivity index (χ1v) is 8.78. The van der Waals surface area contributed by atoms with Gasteiger partial charge in [0.2, 0.25) is 0 Å². The van der Waals surface area contributed by atoms with E-state index in [-0.39, 0.29) is 0 Å². The normalized spacial score (nSPS) is 11.8. The minimum Gasteiger partial charge on any atom is -0.370 e. The largest absolute Gasteiger partial charge is 0.370 e. The molecule has 1 aromatic heterocycles. The zero-order valence-corrected chi connectivity index (χ0v) is 15.5. The van der Waals surface area contributed by atoms with E-state index in [9.17, 15) is 0 Å². The quantitative estimate of drug-likeness (QED) is 0.538. The van der Waals surface area contributed by atoms with Crippen molar-refractivity contribution in [2.24, 2.45) is 17.8 Å². The van der Waals surface area contributed by atoms with Crippen LogP contribution in [0.15, 0.2) is 65.8 Å². The molecule has 0 saturated carbocycles. The van der Waals surface area contributed by atoms with Crippen LogP contribution >= 0.6 is 0 Å². The Morgan fingerprint density at radius 3 is 2.65 bits per heavy atom. The highest BCUT2D eigenvalue weighted by Crippen LogP contribution is 2.22. The van der Waals surface area contributed by atoms with E-state index in [0.29, 0.717) is 18.4 Å². The van der Waals surface area contributed by atoms with E-state index < -0.39 is 0 Å². The van der Waals surface area contributed by atoms with Gasteiger partial charge in [-0.2, -0.15) is 5.10 Å². The van der Waals surface area contributed by atoms with Crippen LogP contribution in [0.3, 0.4) is 0 Å². The number of guanidine groups is 1. The summed E-state index contributed by atoms with van der Waals surface area (Å²) >= 11 is 0. The molecule has 0 unspecified atom stereocenters. The number of nitrogens with zero attached hydrogens (tertiary/aromatic N) is 3. The van der Waals surface area contributed by atoms with Crippen LogP contribution in [0.25, 0.3) is 11.3 Å². The van der Waals surface area contributed by atoms with Gasteiger partial charge in [0.05, 0.1) is 12.2 Å². The minimum atomic E-state index is 0.397. The van der Waals surface area contributed by atoms with Crippen molar-refractivity contribution in [1.82, 2.24) is 9.78 Å². The Balaban J connectivity index is 1.75. The summed E-state index contributed by atoms with van der Waals surface area (Å²) in [5.41, 5.74) is 11.4. The number of aryl methyl sites for hydroxylation is 1. The van der Waals surface area contributed by atoms with Crippen LogP contribution in [-0.4, -0.2) is 15.7 Å². The van der Waals surface area contributed by atoms with Crippen molar-refractivity contribution >= 4 is 11.6 Å². The highest BCUT2D eigenvalue weighted by Gasteiger charge is 2.09. The summed E-state index contributed by atoms with van der Waals surface area (Å²) in [6.45, 7) is 4.81. The van der Waals surface area contributed by atoms with Crippen molar-refractivity contribution in [3.8, 4) is 11.3 Å². The maximum Gasteiger partial charge on any atom is 0.193 e. The highest BCUT2D eigenvalue weighted by atomic mass is 15.3. The molecule has 26 heavy (non-hydrogen) atoms. The third-order valence-electron chi connectivity index (χ3n) is 4.20. The van der Waals surface area contributed by atoms with Gasteiger partial charge < -0.3 is 11.1 Å². The van der Waals surface area contributed by atoms with E-state index in [1.54, 1.807) is 0 Å². The number of hydrogen-bond acceptors (Lipinski definition) is 2. The number of anilines is 1. The summed E-state index contributed by atoms with van der Waals surface area (Å²) < 4.78 is 1.81. The van der Waals surface area contributed by atoms with Gasteiger partial charge >= 0.3 is 0 Å². The van der Waals surface area contributed by atoms with Crippen LogP contribution in [0.4, 0.5) is 5.69 Å². The molecule has 3 N–H and O–H groups in total. The number of benzene rings is 2. The highest BCUT2D eigenvalue weighted by molar-refractivity contribution is 5.92. The third-order valence-corrected chi connectivity index (χ3v) is 4.20. The molecule has 0 saturated heterocycles. The van der Waals surface area contributed by atoms with Crippen LogP contribution in [-0.2, 0) is 13.6 Å². The third kappa shape index (κ3) is 4.30. The van der Waals surface area contributed by atoms with Gasteiger partial charge in [0.25, 0.3) is 0 Å². The predicted octanol–water partition coefficient (Wildman–Crippen LogP) is 4.14. The molecule has 0 aliphatic carbocycles. The molecule has 3 aromatic rings. The maximum absolute atomic E-state index is 6.09. The van der Waals surface area contributed by atoms with Crippen molar-refractivity contribution in [2.75, 3.05) is 5.32 Å². The number of aliphatic imine (C=N–C) groups is 1. The molecule has 134 valence electrons. The molecule has 0 aliphatic heterocycles. The van der Waals surface area contributed by atoms with Gasteiger partial charge in [-0.15, -0.1) is 0 Å². The smallest absolute Gasteiger partial charge is 0.193 e. The molecule has 0 radical (unpaired) electrons. The van der Waals surface area contributed by atoms with E-state index in [1.165, 1.54) is 5.56 Å². The summed E-state index contributed by atoms with van der Waals surface area (Å²) in [4.78, 5) is 4.49. The van der Waals surface area contributed by atoms with Crippen molar-refractivity contribution in [3.05, 3.63) is 71.9 Å². The van der Waals surface area contributed by atoms with Crippen LogP contribution < -0.4 is 11.1 Å². The second kappa shape index (κ2) is 7.87. The van der Waals surface area contributed by atoms with E-state index in [2.05, 4.69) is 53.5 Å². The Labute approximate surface area is 154 Å². The van der Waals surface area contributed by atoms with Crippen LogP contribution in [0.1, 0.15) is 30.9 Å². The Bertz CT molecular complexity index is 894. The minimum absolute atomic E-state index is 0.397. The number of rotatable bonds is 5. The molecule has 0 amide bonds. The molecule has 0 fully saturated rings. The fourth-order valence-electron chi connectivity index (χ4n) is 2.83. The number of hydrogen-bond donors (Lipinski definition) is 2. The molecule has 2 aromatic carbocycles. The van der Waals surface area contributed by atoms with Gasteiger partial charge in [-0.25, -0.2) is 4.99 Å². The van der Waals surface area contributed by atoms with E-state index >= 15 is 0 Å². The van der Waals surface area contributed by atoms with Gasteiger partial charge in [0.1, 0.15) is 0 Å².